The van der Waals surface area contributed by atoms with Gasteiger partial charge in [0.2, 0.25) is 6.33 Å². The summed E-state index contributed by atoms with van der Waals surface area (Å²) in [5, 5.41) is 17.7. The molecule has 0 fully saturated rings. The van der Waals surface area contributed by atoms with Gasteiger partial charge in [-0.05, 0) is 12.8 Å². The van der Waals surface area contributed by atoms with Gasteiger partial charge in [0.05, 0.1) is 24.5 Å². The quantitative estimate of drug-likeness (QED) is 0.0427. The molecule has 0 saturated carbocycles. The van der Waals surface area contributed by atoms with Crippen LogP contribution in [0.3, 0.4) is 0 Å². The largest absolute Gasteiger partial charge is 0.252 e. The minimum atomic E-state index is 0.904. The maximum atomic E-state index is 4.45. The average Bonchev–Trinajstić information content (AvgIpc) is 3.98. The second-order valence-electron chi connectivity index (χ2n) is 16.9. The van der Waals surface area contributed by atoms with E-state index in [0.29, 0.717) is 0 Å². The second-order valence-corrected chi connectivity index (χ2v) is 16.9. The molecule has 8 heteroatoms. The van der Waals surface area contributed by atoms with Crippen molar-refractivity contribution in [3.63, 3.8) is 0 Å². The van der Waals surface area contributed by atoms with Crippen LogP contribution >= 0.6 is 0 Å². The zero-order valence-corrected chi connectivity index (χ0v) is 36.3. The van der Waals surface area contributed by atoms with Crippen LogP contribution in [-0.2, 0) is 39.0 Å². The Labute approximate surface area is 339 Å². The van der Waals surface area contributed by atoms with Gasteiger partial charge in [-0.1, -0.05) is 217 Å². The lowest BCUT2D eigenvalue weighted by Crippen LogP contribution is -2.32. The molecule has 0 amide bonds. The van der Waals surface area contributed by atoms with Crippen molar-refractivity contribution in [3.8, 4) is 0 Å². The van der Waals surface area contributed by atoms with Crippen LogP contribution in [-0.4, -0.2) is 34.6 Å². The van der Waals surface area contributed by atoms with Crippen LogP contribution in [0.2, 0.25) is 0 Å². The van der Waals surface area contributed by atoms with Crippen LogP contribution in [0.1, 0.15) is 231 Å². The highest BCUT2D eigenvalue weighted by atomic mass is 15.4. The first-order valence-corrected chi connectivity index (χ1v) is 24.1. The summed E-state index contributed by atoms with van der Waals surface area (Å²) in [6.45, 7) is 8.40. The molecule has 0 aromatic carbocycles. The first-order chi connectivity index (χ1) is 27.3. The minimum absolute atomic E-state index is 0.904. The number of aryl methyl sites for hydroxylation is 6. The molecule has 0 atom stereocenters. The predicted octanol–water partition coefficient (Wildman–Crippen LogP) is 13.0. The molecule has 55 heavy (non-hydrogen) atoms. The first kappa shape index (κ1) is 46.9. The zero-order valence-electron chi connectivity index (χ0n) is 36.3. The highest BCUT2D eigenvalue weighted by Gasteiger charge is 2.09. The maximum absolute atomic E-state index is 4.45. The second kappa shape index (κ2) is 33.6. The van der Waals surface area contributed by atoms with E-state index in [4.69, 9.17) is 0 Å². The summed E-state index contributed by atoms with van der Waals surface area (Å²) in [5.41, 5.74) is 2.16. The number of hydrogen-bond donors (Lipinski definition) is 0. The summed E-state index contributed by atoms with van der Waals surface area (Å²) in [6, 6.07) is 0. The molecule has 8 nitrogen and oxygen atoms in total. The van der Waals surface area contributed by atoms with E-state index >= 15 is 0 Å². The number of hydrogen-bond acceptors (Lipinski definition) is 4. The van der Waals surface area contributed by atoms with Crippen LogP contribution in [0.5, 0.6) is 0 Å². The van der Waals surface area contributed by atoms with E-state index in [-0.39, 0.29) is 0 Å². The summed E-state index contributed by atoms with van der Waals surface area (Å²) < 4.78 is 8.59. The summed E-state index contributed by atoms with van der Waals surface area (Å²) in [7, 11) is 0. The van der Waals surface area contributed by atoms with Crippen molar-refractivity contribution >= 4 is 0 Å². The van der Waals surface area contributed by atoms with Gasteiger partial charge >= 0.3 is 0 Å². The zero-order chi connectivity index (χ0) is 38.7. The molecule has 3 heterocycles. The Hall–Kier alpha value is -2.51. The Balaban J connectivity index is 1.10. The monoisotopic (exact) mass is 764 g/mol. The predicted molar refractivity (Wildman–Crippen MR) is 231 cm³/mol. The smallest absolute Gasteiger partial charge is 0.243 e. The Kier molecular flexibility index (Phi) is 28.6. The van der Waals surface area contributed by atoms with Crippen molar-refractivity contribution in [2.45, 2.75) is 258 Å². The lowest BCUT2D eigenvalue weighted by molar-refractivity contribution is -0.696. The van der Waals surface area contributed by atoms with E-state index in [2.05, 4.69) is 74.7 Å². The molecule has 0 bridgehead atoms. The Morgan fingerprint density at radius 3 is 1.15 bits per heavy atom. The number of imidazole rings is 1. The Morgan fingerprint density at radius 2 is 0.764 bits per heavy atom. The SMILES string of the molecule is CCCCCCCCCCCCCCCCCCn1cc(CCn2cc[n+](CCc3cn(CCCCCCCCCCCCCCCCCC)nn3)c2)nn1. The molecule has 3 rings (SSSR count). The lowest BCUT2D eigenvalue weighted by atomic mass is 10.0. The molecule has 0 unspecified atom stereocenters. The molecule has 3 aromatic rings. The molecule has 0 aliphatic rings. The van der Waals surface area contributed by atoms with Crippen molar-refractivity contribution in [1.82, 2.24) is 34.6 Å². The summed E-state index contributed by atoms with van der Waals surface area (Å²) in [4.78, 5) is 0. The molecular formula is C47H87N8+. The van der Waals surface area contributed by atoms with E-state index in [9.17, 15) is 0 Å². The van der Waals surface area contributed by atoms with Crippen molar-refractivity contribution < 1.29 is 4.57 Å². The third-order valence-corrected chi connectivity index (χ3v) is 11.7. The fourth-order valence-corrected chi connectivity index (χ4v) is 7.96. The molecule has 0 spiro atoms. The minimum Gasteiger partial charge on any atom is -0.252 e. The Morgan fingerprint density at radius 1 is 0.418 bits per heavy atom. The molecular weight excluding hydrogens is 677 g/mol. The number of rotatable bonds is 40. The van der Waals surface area contributed by atoms with Gasteiger partial charge in [0.15, 0.2) is 0 Å². The summed E-state index contributed by atoms with van der Waals surface area (Å²) in [5.74, 6) is 0. The first-order valence-electron chi connectivity index (χ1n) is 24.1. The van der Waals surface area contributed by atoms with Gasteiger partial charge in [0.25, 0.3) is 0 Å². The van der Waals surface area contributed by atoms with Gasteiger partial charge in [-0.2, -0.15) is 0 Å². The van der Waals surface area contributed by atoms with Gasteiger partial charge in [0, 0.05) is 38.3 Å². The van der Waals surface area contributed by atoms with Gasteiger partial charge in [-0.3, -0.25) is 9.36 Å². The molecule has 3 aromatic heterocycles. The Bertz CT molecular complexity index is 1150. The molecule has 0 aliphatic carbocycles. The van der Waals surface area contributed by atoms with E-state index < -0.39 is 0 Å². The maximum Gasteiger partial charge on any atom is 0.243 e. The van der Waals surface area contributed by atoms with E-state index in [1.54, 1.807) is 0 Å². The van der Waals surface area contributed by atoms with Crippen LogP contribution in [0.4, 0.5) is 0 Å². The van der Waals surface area contributed by atoms with Crippen LogP contribution in [0.15, 0.2) is 31.1 Å². The lowest BCUT2D eigenvalue weighted by Gasteiger charge is -2.04. The van der Waals surface area contributed by atoms with Gasteiger partial charge < -0.3 is 0 Å². The van der Waals surface area contributed by atoms with Crippen molar-refractivity contribution in [2.75, 3.05) is 0 Å². The summed E-state index contributed by atoms with van der Waals surface area (Å²) >= 11 is 0. The molecule has 0 radical (unpaired) electrons. The molecule has 0 aliphatic heterocycles. The van der Waals surface area contributed by atoms with Crippen LogP contribution in [0, 0.1) is 0 Å². The molecule has 314 valence electrons. The van der Waals surface area contributed by atoms with Crippen LogP contribution < -0.4 is 4.57 Å². The number of aromatic nitrogens is 8. The van der Waals surface area contributed by atoms with E-state index in [1.807, 2.05) is 9.36 Å². The van der Waals surface area contributed by atoms with Gasteiger partial charge in [0.1, 0.15) is 12.4 Å². The average molecular weight is 764 g/mol. The van der Waals surface area contributed by atoms with Crippen molar-refractivity contribution in [3.05, 3.63) is 42.5 Å². The fraction of sp³-hybridized carbons (Fsp3) is 0.851. The van der Waals surface area contributed by atoms with Crippen LogP contribution in [0.25, 0.3) is 0 Å². The number of unbranched alkanes of at least 4 members (excludes halogenated alkanes) is 30. The van der Waals surface area contributed by atoms with Crippen molar-refractivity contribution in [1.29, 1.82) is 0 Å². The van der Waals surface area contributed by atoms with Crippen molar-refractivity contribution in [2.24, 2.45) is 0 Å². The standard InChI is InChI=1S/C47H87N8/c1-3-5-7-9-11-13-15-17-19-21-23-25-27-29-31-33-37-54-43-46(48-50-54)35-39-52-41-42-53(45-52)40-36-47-44-55(51-49-47)38-34-32-30-28-26-24-22-20-18-16-14-12-10-8-6-4-2/h41-45H,3-40H2,1-2H3/q+1. The fourth-order valence-electron chi connectivity index (χ4n) is 7.96. The summed E-state index contributed by atoms with van der Waals surface area (Å²) in [6.07, 6.45) is 57.5. The van der Waals surface area contributed by atoms with E-state index in [1.165, 1.54) is 205 Å². The highest BCUT2D eigenvalue weighted by Crippen LogP contribution is 2.16. The third kappa shape index (κ3) is 25.4. The normalized spacial score (nSPS) is 11.7. The number of nitrogens with zero attached hydrogens (tertiary/aromatic N) is 8. The third-order valence-electron chi connectivity index (χ3n) is 11.7. The van der Waals surface area contributed by atoms with Gasteiger partial charge in [-0.15, -0.1) is 10.2 Å². The molecule has 0 N–H and O–H groups in total. The van der Waals surface area contributed by atoms with E-state index in [0.717, 1.165) is 50.4 Å². The van der Waals surface area contributed by atoms with Gasteiger partial charge in [-0.25, -0.2) is 9.13 Å². The topological polar surface area (TPSA) is 70.2 Å². The molecule has 0 saturated heterocycles. The highest BCUT2D eigenvalue weighted by molar-refractivity contribution is 4.93.